The van der Waals surface area contributed by atoms with Gasteiger partial charge in [-0.05, 0) is 18.2 Å². The minimum atomic E-state index is -0.218. The van der Waals surface area contributed by atoms with Crippen LogP contribution in [0.15, 0.2) is 78.9 Å². The number of hydrogen-bond acceptors (Lipinski definition) is 7. The van der Waals surface area contributed by atoms with Gasteiger partial charge in [0.2, 0.25) is 0 Å². The molecule has 0 bridgehead atoms. The highest BCUT2D eigenvalue weighted by molar-refractivity contribution is 5.98. The van der Waals surface area contributed by atoms with Crippen molar-refractivity contribution in [2.24, 2.45) is 5.16 Å². The van der Waals surface area contributed by atoms with Gasteiger partial charge in [-0.1, -0.05) is 23.4 Å². The second kappa shape index (κ2) is 8.84. The van der Waals surface area contributed by atoms with E-state index in [2.05, 4.69) is 25.4 Å². The number of carbonyl (C=O) groups excluding carboxylic acids is 1. The van der Waals surface area contributed by atoms with Crippen LogP contribution in [0.1, 0.15) is 16.8 Å². The number of pyridine rings is 1. The quantitative estimate of drug-likeness (QED) is 0.486. The molecule has 3 aromatic heterocycles. The molecule has 0 radical (unpaired) electrons. The Morgan fingerprint density at radius 2 is 2.06 bits per heavy atom. The van der Waals surface area contributed by atoms with Crippen LogP contribution in [0.3, 0.4) is 0 Å². The van der Waals surface area contributed by atoms with Crippen molar-refractivity contribution in [3.05, 3.63) is 79.3 Å². The van der Waals surface area contributed by atoms with Crippen LogP contribution in [0.25, 0.3) is 16.8 Å². The highest BCUT2D eigenvalue weighted by atomic mass is 16.7. The van der Waals surface area contributed by atoms with Gasteiger partial charge >= 0.3 is 0 Å². The lowest BCUT2D eigenvalue weighted by Gasteiger charge is -2.14. The number of imidazole rings is 1. The first-order chi connectivity index (χ1) is 15.8. The molecule has 1 amide bonds. The maximum absolute atomic E-state index is 12.5. The molecule has 4 aromatic rings. The molecule has 1 aromatic carbocycles. The van der Waals surface area contributed by atoms with Crippen molar-refractivity contribution in [1.82, 2.24) is 24.7 Å². The maximum atomic E-state index is 12.5. The van der Waals surface area contributed by atoms with Crippen molar-refractivity contribution < 1.29 is 14.4 Å². The van der Waals surface area contributed by atoms with Crippen molar-refractivity contribution in [2.75, 3.05) is 13.2 Å². The number of hydrogen-bond donors (Lipinski definition) is 1. The fourth-order valence-corrected chi connectivity index (χ4v) is 3.47. The number of fused-ring (bicyclic) bond motifs is 1. The average molecular weight is 428 g/mol. The number of aromatic nitrogens is 4. The van der Waals surface area contributed by atoms with E-state index in [4.69, 9.17) is 9.57 Å². The number of amides is 1. The Bertz CT molecular complexity index is 1270. The molecule has 32 heavy (non-hydrogen) atoms. The lowest BCUT2D eigenvalue weighted by Crippen LogP contribution is -2.30. The first-order valence-corrected chi connectivity index (χ1v) is 10.2. The standard InChI is InChI=1S/C23H20N6O3/c30-23(16-5-6-22-26-7-8-29(22)13-16)27-12-18-9-19(32-28-18)14-31-21-4-2-1-3-20(21)17-10-24-15-25-11-17/h1-8,10-11,13,15,19H,9,12,14H2,(H,27,30). The van der Waals surface area contributed by atoms with E-state index in [0.29, 0.717) is 25.1 Å². The van der Waals surface area contributed by atoms with Crippen molar-refractivity contribution in [3.8, 4) is 16.9 Å². The number of nitrogens with one attached hydrogen (secondary N) is 1. The van der Waals surface area contributed by atoms with Gasteiger partial charge in [-0.3, -0.25) is 4.79 Å². The van der Waals surface area contributed by atoms with Crippen molar-refractivity contribution >= 4 is 17.3 Å². The molecule has 9 nitrogen and oxygen atoms in total. The summed E-state index contributed by atoms with van der Waals surface area (Å²) in [5.41, 5.74) is 3.90. The number of carbonyl (C=O) groups is 1. The normalized spacial score (nSPS) is 15.2. The zero-order valence-corrected chi connectivity index (χ0v) is 17.1. The predicted molar refractivity (Wildman–Crippen MR) is 117 cm³/mol. The number of para-hydroxylation sites is 1. The second-order valence-corrected chi connectivity index (χ2v) is 7.32. The summed E-state index contributed by atoms with van der Waals surface area (Å²) in [5.74, 6) is 0.546. The molecule has 1 N–H and O–H groups in total. The fourth-order valence-electron chi connectivity index (χ4n) is 3.47. The van der Waals surface area contributed by atoms with E-state index in [1.807, 2.05) is 24.3 Å². The molecule has 0 spiro atoms. The van der Waals surface area contributed by atoms with E-state index in [1.165, 1.54) is 6.33 Å². The van der Waals surface area contributed by atoms with Gasteiger partial charge in [0, 0.05) is 48.5 Å². The summed E-state index contributed by atoms with van der Waals surface area (Å²) in [6, 6.07) is 11.3. The minimum Gasteiger partial charge on any atom is -0.489 e. The van der Waals surface area contributed by atoms with Crippen molar-refractivity contribution in [3.63, 3.8) is 0 Å². The molecule has 4 heterocycles. The summed E-state index contributed by atoms with van der Waals surface area (Å²) in [6.45, 7) is 0.651. The van der Waals surface area contributed by atoms with Gasteiger partial charge in [-0.15, -0.1) is 0 Å². The van der Waals surface area contributed by atoms with E-state index < -0.39 is 0 Å². The molecule has 0 saturated carbocycles. The SMILES string of the molecule is O=C(NCC1=NOC(COc2ccccc2-c2cncnc2)C1)c1ccc2nccn2c1. The molecule has 0 aliphatic carbocycles. The molecular formula is C23H20N6O3. The number of rotatable bonds is 7. The summed E-state index contributed by atoms with van der Waals surface area (Å²) >= 11 is 0. The Balaban J connectivity index is 1.13. The van der Waals surface area contributed by atoms with Crippen molar-refractivity contribution in [1.29, 1.82) is 0 Å². The maximum Gasteiger partial charge on any atom is 0.253 e. The minimum absolute atomic E-state index is 0.179. The highest BCUT2D eigenvalue weighted by Gasteiger charge is 2.23. The number of oxime groups is 1. The average Bonchev–Trinajstić information content (AvgIpc) is 3.51. The van der Waals surface area contributed by atoms with E-state index in [0.717, 1.165) is 28.2 Å². The molecule has 5 rings (SSSR count). The van der Waals surface area contributed by atoms with Crippen LogP contribution in [-0.2, 0) is 4.84 Å². The number of nitrogens with zero attached hydrogens (tertiary/aromatic N) is 5. The van der Waals surface area contributed by atoms with Gasteiger partial charge in [-0.2, -0.15) is 0 Å². The largest absolute Gasteiger partial charge is 0.489 e. The first kappa shape index (κ1) is 19.7. The topological polar surface area (TPSA) is 103 Å². The van der Waals surface area contributed by atoms with Crippen LogP contribution in [0.4, 0.5) is 0 Å². The summed E-state index contributed by atoms with van der Waals surface area (Å²) in [4.78, 5) is 30.3. The van der Waals surface area contributed by atoms with Crippen LogP contribution >= 0.6 is 0 Å². The lowest BCUT2D eigenvalue weighted by molar-refractivity contribution is 0.0472. The molecule has 9 heteroatoms. The molecular weight excluding hydrogens is 408 g/mol. The summed E-state index contributed by atoms with van der Waals surface area (Å²) in [5, 5.41) is 6.99. The van der Waals surface area contributed by atoms with Crippen molar-refractivity contribution in [2.45, 2.75) is 12.5 Å². The smallest absolute Gasteiger partial charge is 0.253 e. The molecule has 1 aliphatic rings. The summed E-state index contributed by atoms with van der Waals surface area (Å²) in [6.07, 6.45) is 10.6. The monoisotopic (exact) mass is 428 g/mol. The third kappa shape index (κ3) is 4.27. The Kier molecular flexibility index (Phi) is 5.44. The van der Waals surface area contributed by atoms with Crippen LogP contribution < -0.4 is 10.1 Å². The molecule has 160 valence electrons. The predicted octanol–water partition coefficient (Wildman–Crippen LogP) is 2.75. The van der Waals surface area contributed by atoms with Crippen LogP contribution in [0.5, 0.6) is 5.75 Å². The van der Waals surface area contributed by atoms with Crippen LogP contribution in [0.2, 0.25) is 0 Å². The zero-order valence-electron chi connectivity index (χ0n) is 17.1. The van der Waals surface area contributed by atoms with Gasteiger partial charge < -0.3 is 19.3 Å². The van der Waals surface area contributed by atoms with E-state index in [9.17, 15) is 4.79 Å². The third-order valence-electron chi connectivity index (χ3n) is 5.08. The second-order valence-electron chi connectivity index (χ2n) is 7.32. The highest BCUT2D eigenvalue weighted by Crippen LogP contribution is 2.29. The van der Waals surface area contributed by atoms with Gasteiger partial charge in [0.1, 0.15) is 24.3 Å². The summed E-state index contributed by atoms with van der Waals surface area (Å²) in [7, 11) is 0. The van der Waals surface area contributed by atoms with Gasteiger partial charge in [-0.25, -0.2) is 15.0 Å². The number of ether oxygens (including phenoxy) is 1. The molecule has 0 saturated heterocycles. The van der Waals surface area contributed by atoms with E-state index >= 15 is 0 Å². The molecule has 0 fully saturated rings. The Morgan fingerprint density at radius 1 is 1.19 bits per heavy atom. The van der Waals surface area contributed by atoms with E-state index in [1.54, 1.807) is 47.5 Å². The van der Waals surface area contributed by atoms with Gasteiger partial charge in [0.25, 0.3) is 5.91 Å². The zero-order chi connectivity index (χ0) is 21.8. The Labute approximate surface area is 183 Å². The molecule has 1 aliphatic heterocycles. The Morgan fingerprint density at radius 3 is 2.97 bits per heavy atom. The van der Waals surface area contributed by atoms with Gasteiger partial charge in [0.15, 0.2) is 6.10 Å². The van der Waals surface area contributed by atoms with E-state index in [-0.39, 0.29) is 12.0 Å². The lowest BCUT2D eigenvalue weighted by atomic mass is 10.1. The third-order valence-corrected chi connectivity index (χ3v) is 5.08. The molecule has 1 unspecified atom stereocenters. The number of benzene rings is 1. The molecule has 1 atom stereocenters. The Hall–Kier alpha value is -4.27. The fraction of sp³-hybridized carbons (Fsp3) is 0.174. The summed E-state index contributed by atoms with van der Waals surface area (Å²) < 4.78 is 7.81. The van der Waals surface area contributed by atoms with Gasteiger partial charge in [0.05, 0.1) is 17.8 Å². The van der Waals surface area contributed by atoms with Crippen LogP contribution in [-0.4, -0.2) is 50.2 Å². The van der Waals surface area contributed by atoms with Crippen LogP contribution in [0, 0.1) is 0 Å². The first-order valence-electron chi connectivity index (χ1n) is 10.2.